The minimum Gasteiger partial charge on any atom is -0.319 e. The predicted octanol–water partition coefficient (Wildman–Crippen LogP) is 4.27. The van der Waals surface area contributed by atoms with Gasteiger partial charge in [0.25, 0.3) is 5.91 Å². The smallest absolute Gasteiger partial charge is 0.257 e. The van der Waals surface area contributed by atoms with Crippen LogP contribution in [0.25, 0.3) is 0 Å². The number of hydrogen-bond donors (Lipinski definition) is 1. The van der Waals surface area contributed by atoms with E-state index in [1.54, 1.807) is 35.4 Å². The number of rotatable bonds is 6. The van der Waals surface area contributed by atoms with Crippen molar-refractivity contribution < 1.29 is 9.59 Å². The van der Waals surface area contributed by atoms with Gasteiger partial charge in [-0.3, -0.25) is 19.4 Å². The topological polar surface area (TPSA) is 68.8 Å². The monoisotopic (exact) mass is 499 g/mol. The molecule has 1 aromatic heterocycles. The maximum absolute atomic E-state index is 13.8. The molecule has 2 aliphatic rings. The van der Waals surface area contributed by atoms with E-state index in [0.29, 0.717) is 33.3 Å². The Morgan fingerprint density at radius 3 is 2.81 bits per heavy atom. The Kier molecular flexibility index (Phi) is 7.23. The standard InChI is InChI=1S/C24H30BrN5O2/c1-3-28(4-2)15-17-9-5-6-14-29(17)16-21(31)30-22-18(10-7-11-19(22)25)24(32)27-20-12-8-13-26-23(20)30/h7-8,10-13,17H,3-6,9,14-16H2,1-2H3,(H,27,32). The fourth-order valence-electron chi connectivity index (χ4n) is 4.64. The van der Waals surface area contributed by atoms with Gasteiger partial charge in [0.15, 0.2) is 5.82 Å². The highest BCUT2D eigenvalue weighted by Gasteiger charge is 2.34. The third-order valence-corrected chi connectivity index (χ3v) is 7.04. The Balaban J connectivity index is 1.68. The number of hydrogen-bond acceptors (Lipinski definition) is 5. The summed E-state index contributed by atoms with van der Waals surface area (Å²) in [4.78, 5) is 37.6. The molecule has 1 atom stereocenters. The number of anilines is 3. The summed E-state index contributed by atoms with van der Waals surface area (Å²) in [7, 11) is 0. The molecule has 3 heterocycles. The van der Waals surface area contributed by atoms with Crippen LogP contribution >= 0.6 is 15.9 Å². The number of nitrogens with one attached hydrogen (secondary N) is 1. The SMILES string of the molecule is CCN(CC)CC1CCCCN1CC(=O)N1c2ncccc2NC(=O)c2cccc(Br)c21. The zero-order valence-electron chi connectivity index (χ0n) is 18.7. The molecule has 1 unspecified atom stereocenters. The van der Waals surface area contributed by atoms with E-state index in [9.17, 15) is 9.59 Å². The molecular formula is C24H30BrN5O2. The molecule has 1 aromatic carbocycles. The van der Waals surface area contributed by atoms with Crippen molar-refractivity contribution in [2.45, 2.75) is 39.2 Å². The summed E-state index contributed by atoms with van der Waals surface area (Å²) in [5.41, 5.74) is 1.53. The number of halogens is 1. The highest BCUT2D eigenvalue weighted by molar-refractivity contribution is 9.10. The molecule has 0 radical (unpaired) electrons. The van der Waals surface area contributed by atoms with Crippen LogP contribution in [0.1, 0.15) is 43.5 Å². The number of nitrogens with zero attached hydrogens (tertiary/aromatic N) is 4. The van der Waals surface area contributed by atoms with Crippen molar-refractivity contribution in [2.24, 2.45) is 0 Å². The number of likely N-dealkylation sites (N-methyl/N-ethyl adjacent to an activating group) is 1. The van der Waals surface area contributed by atoms with Crippen LogP contribution in [0.3, 0.4) is 0 Å². The summed E-state index contributed by atoms with van der Waals surface area (Å²) >= 11 is 3.57. The summed E-state index contributed by atoms with van der Waals surface area (Å²) in [6.45, 7) is 8.53. The molecule has 32 heavy (non-hydrogen) atoms. The Bertz CT molecular complexity index is 994. The molecular weight excluding hydrogens is 470 g/mol. The van der Waals surface area contributed by atoms with Crippen molar-refractivity contribution in [1.29, 1.82) is 0 Å². The van der Waals surface area contributed by atoms with E-state index in [1.165, 1.54) is 6.42 Å². The number of aromatic nitrogens is 1. The Morgan fingerprint density at radius 2 is 2.03 bits per heavy atom. The van der Waals surface area contributed by atoms with E-state index in [1.807, 2.05) is 6.07 Å². The fraction of sp³-hybridized carbons (Fsp3) is 0.458. The van der Waals surface area contributed by atoms with E-state index in [2.05, 4.69) is 49.9 Å². The number of carbonyl (C=O) groups is 2. The first kappa shape index (κ1) is 22.9. The van der Waals surface area contributed by atoms with Gasteiger partial charge >= 0.3 is 0 Å². The fourth-order valence-corrected chi connectivity index (χ4v) is 5.18. The molecule has 0 aliphatic carbocycles. The number of benzene rings is 1. The Morgan fingerprint density at radius 1 is 1.22 bits per heavy atom. The molecule has 2 aromatic rings. The zero-order valence-corrected chi connectivity index (χ0v) is 20.3. The first-order valence-electron chi connectivity index (χ1n) is 11.4. The molecule has 0 saturated carbocycles. The first-order chi connectivity index (χ1) is 15.5. The lowest BCUT2D eigenvalue weighted by atomic mass is 10.0. The van der Waals surface area contributed by atoms with Crippen LogP contribution in [0.2, 0.25) is 0 Å². The second-order valence-electron chi connectivity index (χ2n) is 8.30. The van der Waals surface area contributed by atoms with Crippen molar-refractivity contribution in [2.75, 3.05) is 42.9 Å². The van der Waals surface area contributed by atoms with Gasteiger partial charge in [-0.2, -0.15) is 0 Å². The molecule has 2 amide bonds. The molecule has 1 saturated heterocycles. The second-order valence-corrected chi connectivity index (χ2v) is 9.15. The lowest BCUT2D eigenvalue weighted by Crippen LogP contribution is -2.50. The summed E-state index contributed by atoms with van der Waals surface area (Å²) in [5.74, 6) is 0.123. The van der Waals surface area contributed by atoms with Gasteiger partial charge in [-0.05, 0) is 72.7 Å². The van der Waals surface area contributed by atoms with Crippen molar-refractivity contribution in [1.82, 2.24) is 14.8 Å². The van der Waals surface area contributed by atoms with E-state index in [4.69, 9.17) is 0 Å². The average Bonchev–Trinajstić information content (AvgIpc) is 2.93. The molecule has 8 heteroatoms. The van der Waals surface area contributed by atoms with E-state index in [0.717, 1.165) is 39.0 Å². The zero-order chi connectivity index (χ0) is 22.7. The number of piperidine rings is 1. The van der Waals surface area contributed by atoms with E-state index >= 15 is 0 Å². The summed E-state index contributed by atoms with van der Waals surface area (Å²) in [6.07, 6.45) is 5.03. The molecule has 1 fully saturated rings. The van der Waals surface area contributed by atoms with Gasteiger partial charge in [-0.1, -0.05) is 26.3 Å². The molecule has 0 spiro atoms. The number of carbonyl (C=O) groups excluding carboxylic acids is 2. The van der Waals surface area contributed by atoms with Crippen LogP contribution in [0.5, 0.6) is 0 Å². The van der Waals surface area contributed by atoms with Crippen LogP contribution in [0, 0.1) is 0 Å². The molecule has 170 valence electrons. The van der Waals surface area contributed by atoms with Gasteiger partial charge in [0.2, 0.25) is 5.91 Å². The quantitative estimate of drug-likeness (QED) is 0.642. The number of para-hydroxylation sites is 1. The summed E-state index contributed by atoms with van der Waals surface area (Å²) < 4.78 is 0.690. The van der Waals surface area contributed by atoms with Crippen LogP contribution in [0.15, 0.2) is 41.0 Å². The second kappa shape index (κ2) is 10.1. The largest absolute Gasteiger partial charge is 0.319 e. The van der Waals surface area contributed by atoms with Crippen LogP contribution in [0.4, 0.5) is 17.2 Å². The van der Waals surface area contributed by atoms with Crippen molar-refractivity contribution in [3.8, 4) is 0 Å². The summed E-state index contributed by atoms with van der Waals surface area (Å²) in [6, 6.07) is 9.29. The Hall–Kier alpha value is -2.29. The van der Waals surface area contributed by atoms with E-state index in [-0.39, 0.29) is 18.4 Å². The van der Waals surface area contributed by atoms with Crippen molar-refractivity contribution >= 4 is 44.9 Å². The van der Waals surface area contributed by atoms with Gasteiger partial charge in [0.1, 0.15) is 0 Å². The lowest BCUT2D eigenvalue weighted by Gasteiger charge is -2.38. The number of likely N-dealkylation sites (tertiary alicyclic amines) is 1. The molecule has 2 aliphatic heterocycles. The average molecular weight is 500 g/mol. The predicted molar refractivity (Wildman–Crippen MR) is 130 cm³/mol. The van der Waals surface area contributed by atoms with Crippen molar-refractivity contribution in [3.05, 3.63) is 46.6 Å². The van der Waals surface area contributed by atoms with Crippen LogP contribution in [-0.4, -0.2) is 65.4 Å². The maximum atomic E-state index is 13.8. The number of amides is 2. The highest BCUT2D eigenvalue weighted by atomic mass is 79.9. The van der Waals surface area contributed by atoms with Gasteiger partial charge in [-0.15, -0.1) is 0 Å². The van der Waals surface area contributed by atoms with Crippen LogP contribution in [-0.2, 0) is 4.79 Å². The lowest BCUT2D eigenvalue weighted by molar-refractivity contribution is -0.120. The minimum absolute atomic E-state index is 0.0824. The summed E-state index contributed by atoms with van der Waals surface area (Å²) in [5, 5.41) is 2.91. The first-order valence-corrected chi connectivity index (χ1v) is 12.2. The third kappa shape index (κ3) is 4.58. The third-order valence-electron chi connectivity index (χ3n) is 6.40. The van der Waals surface area contributed by atoms with Gasteiger partial charge < -0.3 is 10.2 Å². The van der Waals surface area contributed by atoms with Gasteiger partial charge in [0, 0.05) is 23.3 Å². The van der Waals surface area contributed by atoms with Gasteiger partial charge in [0.05, 0.1) is 23.5 Å². The van der Waals surface area contributed by atoms with Crippen LogP contribution < -0.4 is 10.2 Å². The Labute approximate surface area is 197 Å². The normalized spacial score (nSPS) is 18.7. The molecule has 7 nitrogen and oxygen atoms in total. The van der Waals surface area contributed by atoms with E-state index < -0.39 is 0 Å². The highest BCUT2D eigenvalue weighted by Crippen LogP contribution is 2.40. The molecule has 1 N–H and O–H groups in total. The number of pyridine rings is 1. The van der Waals surface area contributed by atoms with Gasteiger partial charge in [-0.25, -0.2) is 4.98 Å². The maximum Gasteiger partial charge on any atom is 0.257 e. The number of fused-ring (bicyclic) bond motifs is 2. The molecule has 4 rings (SSSR count). The minimum atomic E-state index is -0.247. The molecule has 0 bridgehead atoms. The van der Waals surface area contributed by atoms with Crippen molar-refractivity contribution in [3.63, 3.8) is 0 Å².